The molecule has 4 heterocycles. The molecule has 4 rings (SSSR count). The van der Waals surface area contributed by atoms with Crippen LogP contribution in [0.2, 0.25) is 0 Å². The maximum Gasteiger partial charge on any atom is 0.245 e. The van der Waals surface area contributed by atoms with E-state index in [1.165, 1.54) is 45.2 Å². The first kappa shape index (κ1) is 18.4. The molecule has 9 nitrogen and oxygen atoms in total. The molecule has 0 bridgehead atoms. The number of nitrogens with zero attached hydrogens (tertiary/aromatic N) is 6. The van der Waals surface area contributed by atoms with Crippen molar-refractivity contribution >= 4 is 22.9 Å². The van der Waals surface area contributed by atoms with E-state index in [-0.39, 0.29) is 0 Å². The predicted molar refractivity (Wildman–Crippen MR) is 103 cm³/mol. The van der Waals surface area contributed by atoms with Crippen molar-refractivity contribution in [2.45, 2.75) is 44.6 Å². The molecule has 2 fully saturated rings. The Balaban J connectivity index is 1.45. The predicted octanol–water partition coefficient (Wildman–Crippen LogP) is 1.92. The maximum atomic E-state index is 5.13. The molecule has 2 aliphatic heterocycles. The van der Waals surface area contributed by atoms with Gasteiger partial charge >= 0.3 is 0 Å². The summed E-state index contributed by atoms with van der Waals surface area (Å²) in [7, 11) is 1.71. The van der Waals surface area contributed by atoms with Crippen molar-refractivity contribution in [1.82, 2.24) is 25.2 Å². The lowest BCUT2D eigenvalue weighted by Crippen LogP contribution is -2.47. The number of aromatic nitrogens is 4. The Kier molecular flexibility index (Phi) is 5.98. The van der Waals surface area contributed by atoms with E-state index >= 15 is 0 Å². The number of rotatable bonds is 7. The smallest absolute Gasteiger partial charge is 0.245 e. The van der Waals surface area contributed by atoms with E-state index < -0.39 is 0 Å². The molecule has 2 aliphatic rings. The van der Waals surface area contributed by atoms with Crippen LogP contribution in [0.4, 0.5) is 11.6 Å². The van der Waals surface area contributed by atoms with Crippen LogP contribution in [0, 0.1) is 0 Å². The van der Waals surface area contributed by atoms with E-state index in [1.807, 2.05) is 0 Å². The topological polar surface area (TPSA) is 92.4 Å². The fraction of sp³-hybridized carbons (Fsp3) is 0.778. The van der Waals surface area contributed by atoms with Gasteiger partial charge < -0.3 is 19.9 Å². The number of nitrogens with one attached hydrogen (secondary N) is 1. The minimum absolute atomic E-state index is 0.441. The Labute approximate surface area is 159 Å². The molecule has 2 aromatic rings. The van der Waals surface area contributed by atoms with Crippen LogP contribution in [-0.4, -0.2) is 77.7 Å². The van der Waals surface area contributed by atoms with E-state index in [0.29, 0.717) is 23.9 Å². The number of likely N-dealkylation sites (tertiary alicyclic amines) is 1. The maximum absolute atomic E-state index is 5.13. The molecule has 0 unspecified atom stereocenters. The van der Waals surface area contributed by atoms with E-state index in [9.17, 15) is 0 Å². The minimum atomic E-state index is 0.441. The van der Waals surface area contributed by atoms with Gasteiger partial charge in [0.1, 0.15) is 0 Å². The van der Waals surface area contributed by atoms with E-state index in [4.69, 9.17) is 9.37 Å². The van der Waals surface area contributed by atoms with Crippen LogP contribution in [0.3, 0.4) is 0 Å². The first-order chi connectivity index (χ1) is 13.3. The van der Waals surface area contributed by atoms with Crippen molar-refractivity contribution in [2.75, 3.05) is 56.7 Å². The molecule has 0 amide bonds. The Morgan fingerprint density at radius 2 is 1.78 bits per heavy atom. The van der Waals surface area contributed by atoms with Gasteiger partial charge in [-0.25, -0.2) is 14.6 Å². The standard InChI is InChI=1S/C18H29N7O2/c1-26-13-5-8-19-17-18(21-16-15(20-17)22-27-23-16)25-11-6-14(7-12-25)24-9-3-2-4-10-24/h14H,2-13H2,1H3,(H,19,20,22). The van der Waals surface area contributed by atoms with Gasteiger partial charge in [-0.2, -0.15) is 0 Å². The molecule has 2 aromatic heterocycles. The third kappa shape index (κ3) is 4.30. The van der Waals surface area contributed by atoms with Crippen molar-refractivity contribution in [3.05, 3.63) is 0 Å². The average Bonchev–Trinajstić information content (AvgIpc) is 3.19. The zero-order valence-corrected chi connectivity index (χ0v) is 16.1. The lowest BCUT2D eigenvalue weighted by molar-refractivity contribution is 0.141. The summed E-state index contributed by atoms with van der Waals surface area (Å²) >= 11 is 0. The number of fused-ring (bicyclic) bond motifs is 1. The fourth-order valence-electron chi connectivity index (χ4n) is 4.12. The summed E-state index contributed by atoms with van der Waals surface area (Å²) in [6.45, 7) is 5.97. The second kappa shape index (κ2) is 8.79. The fourth-order valence-corrected chi connectivity index (χ4v) is 4.12. The van der Waals surface area contributed by atoms with Gasteiger partial charge in [-0.3, -0.25) is 0 Å². The number of hydrogen-bond donors (Lipinski definition) is 1. The lowest BCUT2D eigenvalue weighted by atomic mass is 10.00. The van der Waals surface area contributed by atoms with Gasteiger partial charge in [0.25, 0.3) is 0 Å². The summed E-state index contributed by atoms with van der Waals surface area (Å²) in [6, 6.07) is 0.699. The molecule has 0 radical (unpaired) electrons. The van der Waals surface area contributed by atoms with Crippen LogP contribution in [0.5, 0.6) is 0 Å². The quantitative estimate of drug-likeness (QED) is 0.728. The molecule has 0 saturated carbocycles. The van der Waals surface area contributed by atoms with Crippen LogP contribution < -0.4 is 10.2 Å². The molecular formula is C18H29N7O2. The first-order valence-electron chi connectivity index (χ1n) is 10.1. The molecule has 1 N–H and O–H groups in total. The van der Waals surface area contributed by atoms with Crippen LogP contribution in [0.25, 0.3) is 11.3 Å². The van der Waals surface area contributed by atoms with Crippen molar-refractivity contribution < 1.29 is 9.37 Å². The molecule has 148 valence electrons. The molecule has 0 aromatic carbocycles. The van der Waals surface area contributed by atoms with Gasteiger partial charge in [0.05, 0.1) is 0 Å². The summed E-state index contributed by atoms with van der Waals surface area (Å²) in [6.07, 6.45) is 7.31. The molecule has 0 aliphatic carbocycles. The van der Waals surface area contributed by atoms with Gasteiger partial charge in [-0.15, -0.1) is 0 Å². The average molecular weight is 375 g/mol. The van der Waals surface area contributed by atoms with Crippen LogP contribution >= 0.6 is 0 Å². The summed E-state index contributed by atoms with van der Waals surface area (Å²) in [5.41, 5.74) is 0.904. The third-order valence-corrected chi connectivity index (χ3v) is 5.58. The van der Waals surface area contributed by atoms with Crippen molar-refractivity contribution in [2.24, 2.45) is 0 Å². The second-order valence-corrected chi connectivity index (χ2v) is 7.40. The minimum Gasteiger partial charge on any atom is -0.385 e. The highest BCUT2D eigenvalue weighted by Gasteiger charge is 2.28. The number of methoxy groups -OCH3 is 1. The van der Waals surface area contributed by atoms with Crippen molar-refractivity contribution in [3.8, 4) is 0 Å². The van der Waals surface area contributed by atoms with Gasteiger partial charge in [0.2, 0.25) is 11.3 Å². The molecule has 9 heteroatoms. The highest BCUT2D eigenvalue weighted by atomic mass is 16.6. The van der Waals surface area contributed by atoms with Gasteiger partial charge in [-0.1, -0.05) is 6.42 Å². The zero-order valence-electron chi connectivity index (χ0n) is 16.1. The summed E-state index contributed by atoms with van der Waals surface area (Å²) in [5.74, 6) is 1.61. The Morgan fingerprint density at radius 1 is 1.04 bits per heavy atom. The summed E-state index contributed by atoms with van der Waals surface area (Å²) in [5, 5.41) is 11.1. The molecule has 0 atom stereocenters. The van der Waals surface area contributed by atoms with Crippen LogP contribution in [-0.2, 0) is 4.74 Å². The monoisotopic (exact) mass is 375 g/mol. The number of piperidine rings is 2. The summed E-state index contributed by atoms with van der Waals surface area (Å²) in [4.78, 5) is 14.3. The Morgan fingerprint density at radius 3 is 2.52 bits per heavy atom. The highest BCUT2D eigenvalue weighted by Crippen LogP contribution is 2.28. The molecule has 27 heavy (non-hydrogen) atoms. The molecule has 2 saturated heterocycles. The van der Waals surface area contributed by atoms with Gasteiger partial charge in [-0.05, 0) is 55.5 Å². The number of anilines is 2. The van der Waals surface area contributed by atoms with Crippen molar-refractivity contribution in [1.29, 1.82) is 0 Å². The Bertz CT molecular complexity index is 724. The van der Waals surface area contributed by atoms with E-state index in [2.05, 4.69) is 35.4 Å². The van der Waals surface area contributed by atoms with Gasteiger partial charge in [0, 0.05) is 39.4 Å². The Hall–Kier alpha value is -2.00. The largest absolute Gasteiger partial charge is 0.385 e. The molecular weight excluding hydrogens is 346 g/mol. The lowest BCUT2D eigenvalue weighted by Gasteiger charge is -2.40. The number of ether oxygens (including phenoxy) is 1. The number of hydrogen-bond acceptors (Lipinski definition) is 9. The zero-order chi connectivity index (χ0) is 18.5. The normalized spacial score (nSPS) is 19.7. The van der Waals surface area contributed by atoms with E-state index in [1.54, 1.807) is 7.11 Å². The van der Waals surface area contributed by atoms with Gasteiger partial charge in [0.15, 0.2) is 11.6 Å². The van der Waals surface area contributed by atoms with Crippen LogP contribution in [0.15, 0.2) is 4.63 Å². The van der Waals surface area contributed by atoms with Crippen molar-refractivity contribution in [3.63, 3.8) is 0 Å². The highest BCUT2D eigenvalue weighted by molar-refractivity contribution is 5.74. The van der Waals surface area contributed by atoms with E-state index in [0.717, 1.165) is 37.7 Å². The molecule has 0 spiro atoms. The third-order valence-electron chi connectivity index (χ3n) is 5.58. The first-order valence-corrected chi connectivity index (χ1v) is 10.1. The van der Waals surface area contributed by atoms with Crippen LogP contribution in [0.1, 0.15) is 38.5 Å². The second-order valence-electron chi connectivity index (χ2n) is 7.40. The summed E-state index contributed by atoms with van der Waals surface area (Å²) < 4.78 is 9.93. The SMILES string of the molecule is COCCCNc1nc2nonc2nc1N1CCC(N2CCCCC2)CC1.